The van der Waals surface area contributed by atoms with E-state index in [1.807, 2.05) is 26.0 Å². The fraction of sp³-hybridized carbons (Fsp3) is 0.333. The van der Waals surface area contributed by atoms with Gasteiger partial charge in [0.05, 0.1) is 10.0 Å². The number of halogens is 2. The van der Waals surface area contributed by atoms with Crippen LogP contribution in [0.5, 0.6) is 0 Å². The number of aromatic amines is 1. The number of benzene rings is 1. The van der Waals surface area contributed by atoms with Crippen LogP contribution >= 0.6 is 23.2 Å². The van der Waals surface area contributed by atoms with E-state index in [0.29, 0.717) is 22.4 Å². The van der Waals surface area contributed by atoms with Gasteiger partial charge in [-0.2, -0.15) is 0 Å². The topological polar surface area (TPSA) is 66.9 Å². The van der Waals surface area contributed by atoms with Crippen LogP contribution in [0.4, 0.5) is 5.82 Å². The van der Waals surface area contributed by atoms with Gasteiger partial charge in [-0.3, -0.25) is 14.3 Å². The number of H-pyrrole nitrogens is 1. The predicted octanol–water partition coefficient (Wildman–Crippen LogP) is 2.77. The number of hydrogen-bond donors (Lipinski definition) is 2. The Hall–Kier alpha value is -1.72. The van der Waals surface area contributed by atoms with Crippen molar-refractivity contribution in [2.75, 3.05) is 11.9 Å². The van der Waals surface area contributed by atoms with E-state index in [4.69, 9.17) is 23.2 Å². The van der Waals surface area contributed by atoms with Crippen LogP contribution in [0.3, 0.4) is 0 Å². The summed E-state index contributed by atoms with van der Waals surface area (Å²) in [5.41, 5.74) is -0.0897. The summed E-state index contributed by atoms with van der Waals surface area (Å²) in [7, 11) is 1.42. The van der Waals surface area contributed by atoms with Crippen LogP contribution in [-0.4, -0.2) is 16.1 Å². The van der Waals surface area contributed by atoms with Crippen molar-refractivity contribution in [3.8, 4) is 0 Å². The molecule has 0 saturated carbocycles. The zero-order valence-electron chi connectivity index (χ0n) is 12.5. The third kappa shape index (κ3) is 3.54. The maximum atomic E-state index is 11.6. The molecule has 0 aliphatic heterocycles. The number of rotatable bonds is 4. The van der Waals surface area contributed by atoms with Crippen molar-refractivity contribution < 1.29 is 0 Å². The molecule has 1 heterocycles. The molecule has 0 amide bonds. The SMILES string of the molecule is Cn1c(=O)cc(NCC(C)(C)c2ccc(Cl)c(Cl)c2)[nH]c1=O. The summed E-state index contributed by atoms with van der Waals surface area (Å²) in [6.45, 7) is 4.56. The summed E-state index contributed by atoms with van der Waals surface area (Å²) < 4.78 is 1.01. The Kier molecular flexibility index (Phi) is 4.68. The van der Waals surface area contributed by atoms with Gasteiger partial charge in [0, 0.05) is 25.1 Å². The van der Waals surface area contributed by atoms with Crippen molar-refractivity contribution in [2.24, 2.45) is 7.05 Å². The van der Waals surface area contributed by atoms with Crippen LogP contribution in [0.15, 0.2) is 33.9 Å². The Labute approximate surface area is 137 Å². The lowest BCUT2D eigenvalue weighted by molar-refractivity contribution is 0.555. The Bertz CT molecular complexity index is 778. The molecule has 5 nitrogen and oxygen atoms in total. The number of nitrogens with zero attached hydrogens (tertiary/aromatic N) is 1. The Morgan fingerprint density at radius 3 is 2.45 bits per heavy atom. The number of aromatic nitrogens is 2. The van der Waals surface area contributed by atoms with Crippen molar-refractivity contribution in [3.05, 3.63) is 60.7 Å². The van der Waals surface area contributed by atoms with Gasteiger partial charge in [-0.15, -0.1) is 0 Å². The molecular formula is C15H17Cl2N3O2. The van der Waals surface area contributed by atoms with E-state index in [1.165, 1.54) is 13.1 Å². The fourth-order valence-corrected chi connectivity index (χ4v) is 2.28. The molecule has 2 N–H and O–H groups in total. The van der Waals surface area contributed by atoms with E-state index >= 15 is 0 Å². The normalized spacial score (nSPS) is 11.5. The fourth-order valence-electron chi connectivity index (χ4n) is 1.99. The molecule has 118 valence electrons. The molecule has 0 bridgehead atoms. The van der Waals surface area contributed by atoms with E-state index in [1.54, 1.807) is 6.07 Å². The molecule has 0 saturated heterocycles. The maximum Gasteiger partial charge on any atom is 0.329 e. The van der Waals surface area contributed by atoms with Crippen molar-refractivity contribution in [1.29, 1.82) is 0 Å². The van der Waals surface area contributed by atoms with Crippen molar-refractivity contribution in [3.63, 3.8) is 0 Å². The average molecular weight is 342 g/mol. The van der Waals surface area contributed by atoms with Crippen LogP contribution in [-0.2, 0) is 12.5 Å². The zero-order chi connectivity index (χ0) is 16.5. The van der Waals surface area contributed by atoms with Crippen LogP contribution in [0.25, 0.3) is 0 Å². The van der Waals surface area contributed by atoms with Gasteiger partial charge in [0.1, 0.15) is 5.82 Å². The minimum absolute atomic E-state index is 0.272. The van der Waals surface area contributed by atoms with Crippen molar-refractivity contribution in [1.82, 2.24) is 9.55 Å². The van der Waals surface area contributed by atoms with E-state index in [0.717, 1.165) is 10.1 Å². The van der Waals surface area contributed by atoms with Crippen molar-refractivity contribution in [2.45, 2.75) is 19.3 Å². The minimum Gasteiger partial charge on any atom is -0.370 e. The van der Waals surface area contributed by atoms with Gasteiger partial charge in [0.25, 0.3) is 5.56 Å². The lowest BCUT2D eigenvalue weighted by atomic mass is 9.84. The molecule has 0 radical (unpaired) electrons. The number of hydrogen-bond acceptors (Lipinski definition) is 3. The second-order valence-electron chi connectivity index (χ2n) is 5.75. The average Bonchev–Trinajstić information content (AvgIpc) is 2.45. The second-order valence-corrected chi connectivity index (χ2v) is 6.57. The van der Waals surface area contributed by atoms with Gasteiger partial charge in [0.2, 0.25) is 0 Å². The molecule has 2 rings (SSSR count). The highest BCUT2D eigenvalue weighted by Crippen LogP contribution is 2.30. The largest absolute Gasteiger partial charge is 0.370 e. The quantitative estimate of drug-likeness (QED) is 0.898. The summed E-state index contributed by atoms with van der Waals surface area (Å²) in [5, 5.41) is 4.08. The smallest absolute Gasteiger partial charge is 0.329 e. The number of nitrogens with one attached hydrogen (secondary N) is 2. The summed E-state index contributed by atoms with van der Waals surface area (Å²) in [6, 6.07) is 6.83. The summed E-state index contributed by atoms with van der Waals surface area (Å²) >= 11 is 12.0. The molecule has 0 atom stereocenters. The van der Waals surface area contributed by atoms with Crippen LogP contribution in [0.1, 0.15) is 19.4 Å². The zero-order valence-corrected chi connectivity index (χ0v) is 14.0. The third-order valence-corrected chi connectivity index (χ3v) is 4.31. The number of anilines is 1. The summed E-state index contributed by atoms with van der Waals surface area (Å²) in [4.78, 5) is 25.8. The lowest BCUT2D eigenvalue weighted by Gasteiger charge is -2.26. The van der Waals surface area contributed by atoms with Gasteiger partial charge >= 0.3 is 5.69 Å². The first-order valence-electron chi connectivity index (χ1n) is 6.70. The summed E-state index contributed by atoms with van der Waals surface area (Å²) in [5.74, 6) is 0.390. The molecule has 1 aromatic heterocycles. The molecule has 0 aliphatic rings. The van der Waals surface area contributed by atoms with Crippen molar-refractivity contribution >= 4 is 29.0 Å². The Balaban J connectivity index is 2.20. The molecule has 0 spiro atoms. The molecule has 7 heteroatoms. The Morgan fingerprint density at radius 1 is 1.18 bits per heavy atom. The molecule has 0 fully saturated rings. The predicted molar refractivity (Wildman–Crippen MR) is 90.3 cm³/mol. The molecule has 1 aromatic carbocycles. The highest BCUT2D eigenvalue weighted by Gasteiger charge is 2.21. The molecule has 2 aromatic rings. The Morgan fingerprint density at radius 2 is 1.86 bits per heavy atom. The van der Waals surface area contributed by atoms with Gasteiger partial charge < -0.3 is 5.32 Å². The van der Waals surface area contributed by atoms with Gasteiger partial charge in [0.15, 0.2) is 0 Å². The van der Waals surface area contributed by atoms with Crippen LogP contribution < -0.4 is 16.6 Å². The lowest BCUT2D eigenvalue weighted by Crippen LogP contribution is -2.34. The molecule has 0 aliphatic carbocycles. The highest BCUT2D eigenvalue weighted by atomic mass is 35.5. The first-order valence-corrected chi connectivity index (χ1v) is 7.46. The monoisotopic (exact) mass is 341 g/mol. The minimum atomic E-state index is -0.456. The van der Waals surface area contributed by atoms with Gasteiger partial charge in [-0.25, -0.2) is 4.79 Å². The maximum absolute atomic E-state index is 11.6. The van der Waals surface area contributed by atoms with E-state index in [9.17, 15) is 9.59 Å². The highest BCUT2D eigenvalue weighted by molar-refractivity contribution is 6.42. The van der Waals surface area contributed by atoms with E-state index in [2.05, 4.69) is 10.3 Å². The van der Waals surface area contributed by atoms with Gasteiger partial charge in [-0.1, -0.05) is 43.1 Å². The van der Waals surface area contributed by atoms with E-state index < -0.39 is 5.69 Å². The van der Waals surface area contributed by atoms with Crippen LogP contribution in [0, 0.1) is 0 Å². The van der Waals surface area contributed by atoms with Gasteiger partial charge in [-0.05, 0) is 17.7 Å². The standard InChI is InChI=1S/C15H17Cl2N3O2/c1-15(2,9-4-5-10(16)11(17)6-9)8-18-12-7-13(21)20(3)14(22)19-12/h4-7,18H,8H2,1-3H3,(H,19,22). The van der Waals surface area contributed by atoms with Crippen LogP contribution in [0.2, 0.25) is 10.0 Å². The first-order chi connectivity index (χ1) is 10.2. The molecule has 0 unspecified atom stereocenters. The third-order valence-electron chi connectivity index (χ3n) is 3.57. The molecular weight excluding hydrogens is 325 g/mol. The second kappa shape index (κ2) is 6.18. The first kappa shape index (κ1) is 16.6. The summed E-state index contributed by atoms with van der Waals surface area (Å²) in [6.07, 6.45) is 0. The van der Waals surface area contributed by atoms with E-state index in [-0.39, 0.29) is 11.0 Å². The molecule has 22 heavy (non-hydrogen) atoms.